The Morgan fingerprint density at radius 2 is 1.79 bits per heavy atom. The first-order valence-electron chi connectivity index (χ1n) is 14.1. The minimum atomic E-state index is -1.03. The lowest BCUT2D eigenvalue weighted by atomic mass is 10.1. The van der Waals surface area contributed by atoms with Crippen LogP contribution in [0.4, 0.5) is 21.6 Å². The summed E-state index contributed by atoms with van der Waals surface area (Å²) in [5.74, 6) is -0.283. The summed E-state index contributed by atoms with van der Waals surface area (Å²) < 4.78 is 14.4. The molecule has 0 saturated carbocycles. The van der Waals surface area contributed by atoms with Crippen molar-refractivity contribution in [3.8, 4) is 10.4 Å². The number of para-hydroxylation sites is 2. The van der Waals surface area contributed by atoms with Gasteiger partial charge in [-0.1, -0.05) is 66.7 Å². The van der Waals surface area contributed by atoms with Crippen LogP contribution in [-0.2, 0) is 6.42 Å². The lowest BCUT2D eigenvalue weighted by molar-refractivity contribution is 0.102. The molecule has 6 rings (SSSR count). The number of carbonyl (C=O) groups is 1. The Bertz CT molecular complexity index is 1740. The van der Waals surface area contributed by atoms with Crippen LogP contribution in [-0.4, -0.2) is 34.3 Å². The number of pyridine rings is 1. The third kappa shape index (κ3) is 5.87. The highest BCUT2D eigenvalue weighted by atomic mass is 32.1. The van der Waals surface area contributed by atoms with Gasteiger partial charge in [-0.25, -0.2) is 9.37 Å². The molecule has 7 nitrogen and oxygen atoms in total. The maximum absolute atomic E-state index is 14.4. The number of aryl methyl sites for hydroxylation is 1. The van der Waals surface area contributed by atoms with Crippen molar-refractivity contribution in [1.29, 1.82) is 0 Å². The second-order valence-corrected chi connectivity index (χ2v) is 11.5. The zero-order valence-electron chi connectivity index (χ0n) is 23.5. The topological polar surface area (TPSA) is 97.7 Å². The number of hydrogen-bond acceptors (Lipinski definition) is 7. The fourth-order valence-corrected chi connectivity index (χ4v) is 6.52. The van der Waals surface area contributed by atoms with E-state index >= 15 is 0 Å². The summed E-state index contributed by atoms with van der Waals surface area (Å²) in [6, 6.07) is 29.1. The first-order chi connectivity index (χ1) is 20.9. The average molecular weight is 595 g/mol. The summed E-state index contributed by atoms with van der Waals surface area (Å²) >= 11 is 1.36. The number of anilines is 3. The number of rotatable bonds is 8. The van der Waals surface area contributed by atoms with E-state index in [9.17, 15) is 19.4 Å². The van der Waals surface area contributed by atoms with Crippen LogP contribution in [0.5, 0.6) is 0 Å². The molecule has 0 aliphatic carbocycles. The molecule has 0 fully saturated rings. The third-order valence-electron chi connectivity index (χ3n) is 7.61. The predicted molar refractivity (Wildman–Crippen MR) is 169 cm³/mol. The molecule has 1 aliphatic rings. The summed E-state index contributed by atoms with van der Waals surface area (Å²) in [5.41, 5.74) is 4.95. The van der Waals surface area contributed by atoms with Crippen molar-refractivity contribution in [3.05, 3.63) is 130 Å². The second-order valence-electron chi connectivity index (χ2n) is 10.4. The van der Waals surface area contributed by atoms with E-state index in [1.54, 1.807) is 25.1 Å². The number of thiophene rings is 1. The highest BCUT2D eigenvalue weighted by Crippen LogP contribution is 2.43. The van der Waals surface area contributed by atoms with Crippen molar-refractivity contribution in [1.82, 2.24) is 4.98 Å². The second kappa shape index (κ2) is 12.3. The molecule has 1 amide bonds. The predicted octanol–water partition coefficient (Wildman–Crippen LogP) is 6.71. The molecular formula is C34H31FN4O3S. The van der Waals surface area contributed by atoms with Crippen molar-refractivity contribution in [2.75, 3.05) is 28.7 Å². The van der Waals surface area contributed by atoms with E-state index in [1.165, 1.54) is 17.4 Å². The number of carbonyl (C=O) groups excluding carboxylic acids is 1. The van der Waals surface area contributed by atoms with E-state index in [-0.39, 0.29) is 24.2 Å². The number of nitrogens with one attached hydrogen (secondary N) is 2. The van der Waals surface area contributed by atoms with Crippen LogP contribution in [0.3, 0.4) is 0 Å². The van der Waals surface area contributed by atoms with Gasteiger partial charge in [0.2, 0.25) is 0 Å². The quantitative estimate of drug-likeness (QED) is 0.160. The molecule has 4 N–H and O–H groups in total. The minimum absolute atomic E-state index is 0.111. The Hall–Kier alpha value is -4.57. The Morgan fingerprint density at radius 1 is 1.02 bits per heavy atom. The fourth-order valence-electron chi connectivity index (χ4n) is 5.38. The van der Waals surface area contributed by atoms with Gasteiger partial charge in [0, 0.05) is 22.7 Å². The molecule has 0 spiro atoms. The molecule has 0 saturated heterocycles. The Morgan fingerprint density at radius 3 is 2.58 bits per heavy atom. The number of nitrogens with zero attached hydrogens (tertiary/aromatic N) is 2. The third-order valence-corrected chi connectivity index (χ3v) is 8.82. The van der Waals surface area contributed by atoms with Gasteiger partial charge in [0.15, 0.2) is 6.23 Å². The SMILES string of the molecule is Cc1cccc(F)c1NC(=O)c1cc2c(s1)-c1ccccc1N(C(O)c1cccc(N[C@H](CO)c3ccccc3)n1)CC2. The van der Waals surface area contributed by atoms with Gasteiger partial charge in [0.25, 0.3) is 5.91 Å². The number of halogens is 1. The molecule has 218 valence electrons. The van der Waals surface area contributed by atoms with Crippen molar-refractivity contribution in [3.63, 3.8) is 0 Å². The first-order valence-corrected chi connectivity index (χ1v) is 14.9. The minimum Gasteiger partial charge on any atom is -0.394 e. The standard InChI is InChI=1S/C34H31FN4O3S/c1-21-9-7-13-25(35)31(21)38-33(41)29-19-23-17-18-39(28-15-6-5-12-24(28)32(23)43-29)34(42)26-14-8-16-30(36-26)37-27(20-40)22-10-3-2-4-11-22/h2-16,19,27,34,40,42H,17-18,20H2,1H3,(H,36,37)(H,38,41)/t27-,34?/m1/s1. The van der Waals surface area contributed by atoms with Gasteiger partial charge in [0.05, 0.1) is 28.9 Å². The molecule has 5 aromatic rings. The molecular weight excluding hydrogens is 563 g/mol. The summed E-state index contributed by atoms with van der Waals surface area (Å²) in [6.07, 6.45) is -0.449. The smallest absolute Gasteiger partial charge is 0.265 e. The number of amides is 1. The van der Waals surface area contributed by atoms with E-state index < -0.39 is 12.0 Å². The summed E-state index contributed by atoms with van der Waals surface area (Å²) in [6.45, 7) is 2.13. The molecule has 0 bridgehead atoms. The van der Waals surface area contributed by atoms with E-state index in [0.29, 0.717) is 34.9 Å². The van der Waals surface area contributed by atoms with Crippen LogP contribution in [0.15, 0.2) is 97.1 Å². The van der Waals surface area contributed by atoms with E-state index in [4.69, 9.17) is 4.98 Å². The average Bonchev–Trinajstić information content (AvgIpc) is 3.40. The van der Waals surface area contributed by atoms with Crippen molar-refractivity contribution < 1.29 is 19.4 Å². The maximum Gasteiger partial charge on any atom is 0.265 e. The Balaban J connectivity index is 1.26. The molecule has 43 heavy (non-hydrogen) atoms. The number of fused-ring (bicyclic) bond motifs is 3. The van der Waals surface area contributed by atoms with Crippen LogP contribution < -0.4 is 15.5 Å². The largest absolute Gasteiger partial charge is 0.394 e. The zero-order valence-corrected chi connectivity index (χ0v) is 24.3. The van der Waals surface area contributed by atoms with Crippen LogP contribution in [0.25, 0.3) is 10.4 Å². The molecule has 3 aromatic carbocycles. The number of aliphatic hydroxyl groups is 2. The number of aromatic nitrogens is 1. The lowest BCUT2D eigenvalue weighted by Crippen LogP contribution is -2.31. The highest BCUT2D eigenvalue weighted by Gasteiger charge is 2.28. The van der Waals surface area contributed by atoms with Gasteiger partial charge in [0.1, 0.15) is 11.6 Å². The van der Waals surface area contributed by atoms with Crippen molar-refractivity contribution >= 4 is 34.4 Å². The Kier molecular flexibility index (Phi) is 8.20. The highest BCUT2D eigenvalue weighted by molar-refractivity contribution is 7.17. The first kappa shape index (κ1) is 28.5. The van der Waals surface area contributed by atoms with Crippen LogP contribution in [0.2, 0.25) is 0 Å². The van der Waals surface area contributed by atoms with E-state index in [0.717, 1.165) is 27.3 Å². The van der Waals surface area contributed by atoms with Crippen LogP contribution in [0.1, 0.15) is 44.3 Å². The van der Waals surface area contributed by atoms with Gasteiger partial charge in [-0.15, -0.1) is 11.3 Å². The lowest BCUT2D eigenvalue weighted by Gasteiger charge is -2.30. The fraction of sp³-hybridized carbons (Fsp3) is 0.176. The van der Waals surface area contributed by atoms with Crippen LogP contribution in [0, 0.1) is 12.7 Å². The number of hydrogen-bond donors (Lipinski definition) is 4. The van der Waals surface area contributed by atoms with Crippen molar-refractivity contribution in [2.24, 2.45) is 0 Å². The van der Waals surface area contributed by atoms with Gasteiger partial charge >= 0.3 is 0 Å². The van der Waals surface area contributed by atoms with Crippen molar-refractivity contribution in [2.45, 2.75) is 25.6 Å². The molecule has 2 aromatic heterocycles. The van der Waals surface area contributed by atoms with Gasteiger partial charge in [-0.3, -0.25) is 4.79 Å². The molecule has 3 heterocycles. The normalized spacial score (nSPS) is 13.8. The monoisotopic (exact) mass is 594 g/mol. The Labute approximate surface area is 253 Å². The molecule has 1 aliphatic heterocycles. The summed E-state index contributed by atoms with van der Waals surface area (Å²) in [4.78, 5) is 21.2. The molecule has 2 atom stereocenters. The zero-order chi connectivity index (χ0) is 29.9. The maximum atomic E-state index is 14.4. The molecule has 9 heteroatoms. The van der Waals surface area contributed by atoms with E-state index in [1.807, 2.05) is 77.7 Å². The number of aliphatic hydroxyl groups excluding tert-OH is 2. The molecule has 0 radical (unpaired) electrons. The van der Waals surface area contributed by atoms with Gasteiger partial charge in [-0.05, 0) is 60.4 Å². The molecule has 1 unspecified atom stereocenters. The number of benzene rings is 3. The van der Waals surface area contributed by atoms with Gasteiger partial charge < -0.3 is 25.7 Å². The summed E-state index contributed by atoms with van der Waals surface area (Å²) in [5, 5.41) is 27.6. The summed E-state index contributed by atoms with van der Waals surface area (Å²) in [7, 11) is 0. The van der Waals surface area contributed by atoms with E-state index in [2.05, 4.69) is 10.6 Å². The van der Waals surface area contributed by atoms with Crippen LogP contribution >= 0.6 is 11.3 Å². The van der Waals surface area contributed by atoms with Gasteiger partial charge in [-0.2, -0.15) is 0 Å².